The smallest absolute Gasteiger partial charge is 0.255 e. The minimum atomic E-state index is -3.67. The fraction of sp³-hybridized carbons (Fsp3) is 0.0741. The largest absolute Gasteiger partial charge is 0.455 e. The Kier molecular flexibility index (Phi) is 7.84. The zero-order valence-corrected chi connectivity index (χ0v) is 21.5. The van der Waals surface area contributed by atoms with Gasteiger partial charge in [0.2, 0.25) is 10.0 Å². The molecule has 0 radical (unpaired) electrons. The van der Waals surface area contributed by atoms with Crippen molar-refractivity contribution in [3.63, 3.8) is 0 Å². The number of anilines is 2. The summed E-state index contributed by atoms with van der Waals surface area (Å²) in [6.07, 6.45) is 1.10. The van der Waals surface area contributed by atoms with Gasteiger partial charge in [0.25, 0.3) is 5.91 Å². The highest BCUT2D eigenvalue weighted by molar-refractivity contribution is 7.92. The second-order valence-corrected chi connectivity index (χ2v) is 10.6. The number of halogens is 2. The van der Waals surface area contributed by atoms with Crippen LogP contribution in [-0.4, -0.2) is 20.6 Å². The van der Waals surface area contributed by atoms with Crippen molar-refractivity contribution in [2.75, 3.05) is 15.9 Å². The first-order valence-electron chi connectivity index (χ1n) is 10.9. The summed E-state index contributed by atoms with van der Waals surface area (Å²) in [4.78, 5) is 12.9. The van der Waals surface area contributed by atoms with Crippen molar-refractivity contribution in [3.05, 3.63) is 118 Å². The SMILES string of the molecule is CS(=O)(=O)N(Cc1c(Cl)cccc1Cl)c1ccc(C(=O)Nc2ccccc2Oc2ccccc2)cc1. The van der Waals surface area contributed by atoms with Gasteiger partial charge in [0.15, 0.2) is 5.75 Å². The highest BCUT2D eigenvalue weighted by atomic mass is 35.5. The second-order valence-electron chi connectivity index (χ2n) is 7.88. The van der Waals surface area contributed by atoms with Gasteiger partial charge in [-0.3, -0.25) is 9.10 Å². The summed E-state index contributed by atoms with van der Waals surface area (Å²) in [6.45, 7) is -0.0485. The number of ether oxygens (including phenoxy) is 1. The van der Waals surface area contributed by atoms with E-state index in [0.29, 0.717) is 44.0 Å². The summed E-state index contributed by atoms with van der Waals surface area (Å²) in [5, 5.41) is 3.58. The summed E-state index contributed by atoms with van der Waals surface area (Å²) >= 11 is 12.5. The number of nitrogens with zero attached hydrogens (tertiary/aromatic N) is 1. The number of amides is 1. The van der Waals surface area contributed by atoms with Gasteiger partial charge in [-0.05, 0) is 60.7 Å². The second kappa shape index (κ2) is 11.0. The number of benzene rings is 4. The minimum absolute atomic E-state index is 0.0485. The molecular weight excluding hydrogens is 519 g/mol. The van der Waals surface area contributed by atoms with Crippen LogP contribution in [0.15, 0.2) is 97.1 Å². The maximum absolute atomic E-state index is 12.9. The van der Waals surface area contributed by atoms with E-state index < -0.39 is 10.0 Å². The van der Waals surface area contributed by atoms with E-state index in [2.05, 4.69) is 5.32 Å². The van der Waals surface area contributed by atoms with E-state index in [4.69, 9.17) is 27.9 Å². The lowest BCUT2D eigenvalue weighted by molar-refractivity contribution is 0.102. The first-order chi connectivity index (χ1) is 17.2. The molecule has 1 amide bonds. The van der Waals surface area contributed by atoms with Gasteiger partial charge >= 0.3 is 0 Å². The molecule has 0 aromatic heterocycles. The van der Waals surface area contributed by atoms with Gasteiger partial charge in [-0.15, -0.1) is 0 Å². The fourth-order valence-electron chi connectivity index (χ4n) is 3.47. The van der Waals surface area contributed by atoms with E-state index in [0.717, 1.165) is 6.26 Å². The molecular formula is C27H22Cl2N2O4S. The number of carbonyl (C=O) groups excluding carboxylic acids is 1. The molecule has 0 unspecified atom stereocenters. The Hall–Kier alpha value is -3.52. The van der Waals surface area contributed by atoms with Crippen molar-refractivity contribution in [3.8, 4) is 11.5 Å². The van der Waals surface area contributed by atoms with Crippen molar-refractivity contribution >= 4 is 50.5 Å². The molecule has 0 bridgehead atoms. The van der Waals surface area contributed by atoms with Crippen LogP contribution in [-0.2, 0) is 16.6 Å². The number of hydrogen-bond acceptors (Lipinski definition) is 4. The number of rotatable bonds is 8. The summed E-state index contributed by atoms with van der Waals surface area (Å²) in [6, 6.07) is 27.6. The van der Waals surface area contributed by atoms with Crippen LogP contribution >= 0.6 is 23.2 Å². The predicted octanol–water partition coefficient (Wildman–Crippen LogP) is 7.00. The third-order valence-electron chi connectivity index (χ3n) is 5.29. The van der Waals surface area contributed by atoms with Gasteiger partial charge in [0.1, 0.15) is 5.75 Å². The van der Waals surface area contributed by atoms with Crippen LogP contribution < -0.4 is 14.4 Å². The summed E-state index contributed by atoms with van der Waals surface area (Å²) < 4.78 is 32.2. The molecule has 9 heteroatoms. The third-order valence-corrected chi connectivity index (χ3v) is 7.14. The van der Waals surface area contributed by atoms with Crippen molar-refractivity contribution in [2.45, 2.75) is 6.54 Å². The summed E-state index contributed by atoms with van der Waals surface area (Å²) in [7, 11) is -3.67. The molecule has 0 fully saturated rings. The standard InChI is InChI=1S/C27H22Cl2N2O4S/c1-36(33,34)31(18-22-23(28)10-7-11-24(22)29)20-16-14-19(15-17-20)27(32)30-25-12-5-6-13-26(25)35-21-8-3-2-4-9-21/h2-17H,18H2,1H3,(H,30,32). The van der Waals surface area contributed by atoms with E-state index in [1.807, 2.05) is 36.4 Å². The maximum atomic E-state index is 12.9. The molecule has 0 atom stereocenters. The van der Waals surface area contributed by atoms with Gasteiger partial charge in [-0.2, -0.15) is 0 Å². The Labute approximate surface area is 220 Å². The van der Waals surface area contributed by atoms with E-state index in [9.17, 15) is 13.2 Å². The van der Waals surface area contributed by atoms with Crippen molar-refractivity contribution in [1.82, 2.24) is 0 Å². The Bertz CT molecular complexity index is 1460. The Morgan fingerprint density at radius 2 is 1.44 bits per heavy atom. The molecule has 0 saturated carbocycles. The van der Waals surface area contributed by atoms with E-state index >= 15 is 0 Å². The molecule has 36 heavy (non-hydrogen) atoms. The molecule has 0 spiro atoms. The maximum Gasteiger partial charge on any atom is 0.255 e. The lowest BCUT2D eigenvalue weighted by Crippen LogP contribution is -2.29. The molecule has 0 aliphatic heterocycles. The molecule has 4 aromatic rings. The lowest BCUT2D eigenvalue weighted by Gasteiger charge is -2.23. The zero-order chi connectivity index (χ0) is 25.7. The number of para-hydroxylation sites is 3. The summed E-state index contributed by atoms with van der Waals surface area (Å²) in [5.41, 5.74) is 1.71. The number of carbonyl (C=O) groups is 1. The highest BCUT2D eigenvalue weighted by Crippen LogP contribution is 2.31. The third kappa shape index (κ3) is 6.18. The molecule has 0 saturated heterocycles. The van der Waals surface area contributed by atoms with Gasteiger partial charge < -0.3 is 10.1 Å². The monoisotopic (exact) mass is 540 g/mol. The normalized spacial score (nSPS) is 11.1. The van der Waals surface area contributed by atoms with Gasteiger partial charge in [-0.25, -0.2) is 8.42 Å². The predicted molar refractivity (Wildman–Crippen MR) is 145 cm³/mol. The molecule has 0 aliphatic carbocycles. The Morgan fingerprint density at radius 1 is 0.833 bits per heavy atom. The van der Waals surface area contributed by atoms with Gasteiger partial charge in [0, 0.05) is 21.2 Å². The average Bonchev–Trinajstić information content (AvgIpc) is 2.85. The lowest BCUT2D eigenvalue weighted by atomic mass is 10.1. The first kappa shape index (κ1) is 25.6. The fourth-order valence-corrected chi connectivity index (χ4v) is 4.86. The molecule has 184 valence electrons. The number of hydrogen-bond donors (Lipinski definition) is 1. The van der Waals surface area contributed by atoms with Crippen molar-refractivity contribution in [1.29, 1.82) is 0 Å². The first-order valence-corrected chi connectivity index (χ1v) is 13.5. The van der Waals surface area contributed by atoms with Crippen LogP contribution in [0.1, 0.15) is 15.9 Å². The van der Waals surface area contributed by atoms with E-state index in [-0.39, 0.29) is 12.5 Å². The van der Waals surface area contributed by atoms with Crippen molar-refractivity contribution in [2.24, 2.45) is 0 Å². The minimum Gasteiger partial charge on any atom is -0.455 e. The molecule has 0 heterocycles. The van der Waals surface area contributed by atoms with Crippen LogP contribution in [0.3, 0.4) is 0 Å². The van der Waals surface area contributed by atoms with Crippen LogP contribution in [0.2, 0.25) is 10.0 Å². The van der Waals surface area contributed by atoms with Crippen LogP contribution in [0.5, 0.6) is 11.5 Å². The van der Waals surface area contributed by atoms with E-state index in [1.165, 1.54) is 4.31 Å². The van der Waals surface area contributed by atoms with E-state index in [1.54, 1.807) is 60.7 Å². The quantitative estimate of drug-likeness (QED) is 0.261. The molecule has 4 aromatic carbocycles. The molecule has 1 N–H and O–H groups in total. The molecule has 0 aliphatic rings. The van der Waals surface area contributed by atoms with Crippen molar-refractivity contribution < 1.29 is 17.9 Å². The van der Waals surface area contributed by atoms with Gasteiger partial charge in [0.05, 0.1) is 24.2 Å². The topological polar surface area (TPSA) is 75.7 Å². The molecule has 4 rings (SSSR count). The van der Waals surface area contributed by atoms with Crippen LogP contribution in [0, 0.1) is 0 Å². The van der Waals surface area contributed by atoms with Crippen LogP contribution in [0.25, 0.3) is 0 Å². The van der Waals surface area contributed by atoms with Gasteiger partial charge in [-0.1, -0.05) is 59.6 Å². The number of nitrogens with one attached hydrogen (secondary N) is 1. The number of sulfonamides is 1. The summed E-state index contributed by atoms with van der Waals surface area (Å²) in [5.74, 6) is 0.766. The Balaban J connectivity index is 1.54. The Morgan fingerprint density at radius 3 is 2.08 bits per heavy atom. The highest BCUT2D eigenvalue weighted by Gasteiger charge is 2.21. The van der Waals surface area contributed by atoms with Crippen LogP contribution in [0.4, 0.5) is 11.4 Å². The molecule has 6 nitrogen and oxygen atoms in total. The zero-order valence-electron chi connectivity index (χ0n) is 19.2. The average molecular weight is 541 g/mol.